The number of benzene rings is 2. The lowest BCUT2D eigenvalue weighted by molar-refractivity contribution is 0.0995. The fourth-order valence-electron chi connectivity index (χ4n) is 2.13. The van der Waals surface area contributed by atoms with Gasteiger partial charge in [-0.05, 0) is 48.5 Å². The van der Waals surface area contributed by atoms with Crippen LogP contribution in [-0.4, -0.2) is 11.8 Å². The summed E-state index contributed by atoms with van der Waals surface area (Å²) >= 11 is 0. The first-order valence-electron chi connectivity index (χ1n) is 7.23. The van der Waals surface area contributed by atoms with Gasteiger partial charge in [-0.25, -0.2) is 8.78 Å². The highest BCUT2D eigenvalue weighted by molar-refractivity contribution is 6.05. The Bertz CT molecular complexity index is 886. The van der Waals surface area contributed by atoms with E-state index in [1.165, 1.54) is 36.6 Å². The Hall–Kier alpha value is -3.48. The molecule has 25 heavy (non-hydrogen) atoms. The lowest BCUT2D eigenvalue weighted by Gasteiger charge is -2.07. The summed E-state index contributed by atoms with van der Waals surface area (Å²) in [6.07, 6.45) is 1.39. The molecule has 1 aromatic heterocycles. The van der Waals surface area contributed by atoms with Gasteiger partial charge in [0.25, 0.3) is 11.8 Å². The minimum Gasteiger partial charge on any atom is -0.459 e. The Balaban J connectivity index is 1.67. The molecule has 126 valence electrons. The first kappa shape index (κ1) is 16.4. The molecule has 0 saturated carbocycles. The molecule has 1 heterocycles. The zero-order chi connectivity index (χ0) is 17.8. The molecule has 5 nitrogen and oxygen atoms in total. The summed E-state index contributed by atoms with van der Waals surface area (Å²) < 4.78 is 31.2. The monoisotopic (exact) mass is 342 g/mol. The number of rotatable bonds is 4. The third-order valence-corrected chi connectivity index (χ3v) is 3.27. The average Bonchev–Trinajstić information content (AvgIpc) is 3.09. The molecule has 0 radical (unpaired) electrons. The third-order valence-electron chi connectivity index (χ3n) is 3.27. The van der Waals surface area contributed by atoms with Crippen molar-refractivity contribution in [1.82, 2.24) is 0 Å². The molecular weight excluding hydrogens is 330 g/mol. The van der Waals surface area contributed by atoms with E-state index in [4.69, 9.17) is 4.42 Å². The van der Waals surface area contributed by atoms with Gasteiger partial charge in [-0.3, -0.25) is 9.59 Å². The Kier molecular flexibility index (Phi) is 4.56. The van der Waals surface area contributed by atoms with E-state index in [0.29, 0.717) is 11.8 Å². The van der Waals surface area contributed by atoms with E-state index < -0.39 is 23.4 Å². The van der Waals surface area contributed by atoms with Crippen LogP contribution >= 0.6 is 0 Å². The van der Waals surface area contributed by atoms with Crippen molar-refractivity contribution >= 4 is 23.2 Å². The quantitative estimate of drug-likeness (QED) is 0.751. The van der Waals surface area contributed by atoms with Crippen LogP contribution in [0.2, 0.25) is 0 Å². The lowest BCUT2D eigenvalue weighted by Crippen LogP contribution is -2.13. The second-order valence-corrected chi connectivity index (χ2v) is 5.12. The van der Waals surface area contributed by atoms with E-state index in [2.05, 4.69) is 10.6 Å². The summed E-state index contributed by atoms with van der Waals surface area (Å²) in [4.78, 5) is 23.9. The Morgan fingerprint density at radius 2 is 1.44 bits per heavy atom. The highest BCUT2D eigenvalue weighted by Gasteiger charge is 2.11. The molecule has 0 atom stereocenters. The summed E-state index contributed by atoms with van der Waals surface area (Å²) in [6, 6.07) is 11.9. The highest BCUT2D eigenvalue weighted by atomic mass is 19.1. The van der Waals surface area contributed by atoms with E-state index in [9.17, 15) is 18.4 Å². The molecule has 0 aliphatic rings. The number of halogens is 2. The molecule has 2 amide bonds. The molecule has 0 fully saturated rings. The molecular formula is C18H12F2N2O3. The number of nitrogens with one attached hydrogen (secondary N) is 2. The second kappa shape index (κ2) is 6.96. The number of carbonyl (C=O) groups is 2. The third kappa shape index (κ3) is 4.08. The Morgan fingerprint density at radius 1 is 0.800 bits per heavy atom. The van der Waals surface area contributed by atoms with Crippen molar-refractivity contribution in [2.75, 3.05) is 10.6 Å². The predicted octanol–water partition coefficient (Wildman–Crippen LogP) is 4.06. The van der Waals surface area contributed by atoms with Gasteiger partial charge in [0.15, 0.2) is 5.76 Å². The van der Waals surface area contributed by atoms with Gasteiger partial charge >= 0.3 is 0 Å². The van der Waals surface area contributed by atoms with Crippen LogP contribution in [0, 0.1) is 11.6 Å². The van der Waals surface area contributed by atoms with Crippen molar-refractivity contribution in [3.05, 3.63) is 83.8 Å². The molecule has 0 spiro atoms. The van der Waals surface area contributed by atoms with Crippen LogP contribution in [-0.2, 0) is 0 Å². The van der Waals surface area contributed by atoms with Crippen LogP contribution < -0.4 is 10.6 Å². The topological polar surface area (TPSA) is 71.3 Å². The maximum absolute atomic E-state index is 13.1. The van der Waals surface area contributed by atoms with Gasteiger partial charge < -0.3 is 15.1 Å². The summed E-state index contributed by atoms with van der Waals surface area (Å²) in [5, 5.41) is 5.01. The molecule has 2 N–H and O–H groups in total. The number of furan rings is 1. The van der Waals surface area contributed by atoms with E-state index in [0.717, 1.165) is 12.1 Å². The summed E-state index contributed by atoms with van der Waals surface area (Å²) in [6.45, 7) is 0. The number of hydrogen-bond donors (Lipinski definition) is 2. The van der Waals surface area contributed by atoms with E-state index >= 15 is 0 Å². The molecule has 2 aromatic carbocycles. The summed E-state index contributed by atoms with van der Waals surface area (Å²) in [7, 11) is 0. The molecule has 3 rings (SSSR count). The number of amides is 2. The van der Waals surface area contributed by atoms with Gasteiger partial charge in [0, 0.05) is 23.0 Å². The van der Waals surface area contributed by atoms with Gasteiger partial charge in [0.05, 0.1) is 6.26 Å². The highest BCUT2D eigenvalue weighted by Crippen LogP contribution is 2.16. The minimum absolute atomic E-state index is 0.0118. The maximum atomic E-state index is 13.1. The van der Waals surface area contributed by atoms with Crippen molar-refractivity contribution in [3.8, 4) is 0 Å². The molecule has 3 aromatic rings. The molecule has 0 unspecified atom stereocenters. The number of hydrogen-bond acceptors (Lipinski definition) is 3. The van der Waals surface area contributed by atoms with Crippen molar-refractivity contribution in [3.63, 3.8) is 0 Å². The Labute approximate surface area is 141 Å². The largest absolute Gasteiger partial charge is 0.459 e. The van der Waals surface area contributed by atoms with Crippen LogP contribution in [0.3, 0.4) is 0 Å². The van der Waals surface area contributed by atoms with Gasteiger partial charge in [-0.15, -0.1) is 0 Å². The molecule has 0 aliphatic heterocycles. The van der Waals surface area contributed by atoms with Crippen molar-refractivity contribution in [2.24, 2.45) is 0 Å². The van der Waals surface area contributed by atoms with Crippen LogP contribution in [0.4, 0.5) is 20.2 Å². The lowest BCUT2D eigenvalue weighted by atomic mass is 10.2. The number of carbonyl (C=O) groups excluding carboxylic acids is 2. The average molecular weight is 342 g/mol. The van der Waals surface area contributed by atoms with Crippen molar-refractivity contribution in [2.45, 2.75) is 0 Å². The van der Waals surface area contributed by atoms with Crippen LogP contribution in [0.1, 0.15) is 20.9 Å². The zero-order valence-corrected chi connectivity index (χ0v) is 12.8. The summed E-state index contributed by atoms with van der Waals surface area (Å²) in [5.41, 5.74) is 0.744. The normalized spacial score (nSPS) is 10.3. The maximum Gasteiger partial charge on any atom is 0.291 e. The Morgan fingerprint density at radius 3 is 2.04 bits per heavy atom. The molecule has 7 heteroatoms. The molecule has 0 saturated heterocycles. The van der Waals surface area contributed by atoms with E-state index in [-0.39, 0.29) is 17.0 Å². The van der Waals surface area contributed by atoms with Crippen molar-refractivity contribution in [1.29, 1.82) is 0 Å². The second-order valence-electron chi connectivity index (χ2n) is 5.12. The molecule has 0 aliphatic carbocycles. The van der Waals surface area contributed by atoms with Crippen LogP contribution in [0.5, 0.6) is 0 Å². The number of anilines is 2. The first-order valence-corrected chi connectivity index (χ1v) is 7.23. The zero-order valence-electron chi connectivity index (χ0n) is 12.8. The van der Waals surface area contributed by atoms with E-state index in [1.54, 1.807) is 6.07 Å². The van der Waals surface area contributed by atoms with E-state index in [1.807, 2.05) is 0 Å². The van der Waals surface area contributed by atoms with Gasteiger partial charge in [0.2, 0.25) is 0 Å². The smallest absolute Gasteiger partial charge is 0.291 e. The van der Waals surface area contributed by atoms with Crippen LogP contribution in [0.15, 0.2) is 65.3 Å². The van der Waals surface area contributed by atoms with Gasteiger partial charge in [-0.2, -0.15) is 0 Å². The van der Waals surface area contributed by atoms with Crippen LogP contribution in [0.25, 0.3) is 0 Å². The fourth-order valence-corrected chi connectivity index (χ4v) is 2.13. The summed E-state index contributed by atoms with van der Waals surface area (Å²) in [5.74, 6) is -2.36. The van der Waals surface area contributed by atoms with Gasteiger partial charge in [-0.1, -0.05) is 0 Å². The van der Waals surface area contributed by atoms with Gasteiger partial charge in [0.1, 0.15) is 11.6 Å². The minimum atomic E-state index is -0.786. The standard InChI is InChI=1S/C18H12F2N2O3/c19-12-8-13(20)10-15(9-12)22-17(23)11-3-5-14(6-4-11)21-18(24)16-2-1-7-25-16/h1-10H,(H,21,24)(H,22,23). The molecule has 0 bridgehead atoms. The fraction of sp³-hybridized carbons (Fsp3) is 0. The predicted molar refractivity (Wildman–Crippen MR) is 87.4 cm³/mol. The SMILES string of the molecule is O=C(Nc1cc(F)cc(F)c1)c1ccc(NC(=O)c2ccco2)cc1. The first-order chi connectivity index (χ1) is 12.0. The van der Waals surface area contributed by atoms with Crippen molar-refractivity contribution < 1.29 is 22.8 Å².